The van der Waals surface area contributed by atoms with Crippen molar-refractivity contribution in [1.82, 2.24) is 4.90 Å². The van der Waals surface area contributed by atoms with Gasteiger partial charge >= 0.3 is 0 Å². The maximum absolute atomic E-state index is 12.9. The van der Waals surface area contributed by atoms with Crippen molar-refractivity contribution >= 4 is 28.8 Å². The predicted molar refractivity (Wildman–Crippen MR) is 98.4 cm³/mol. The van der Waals surface area contributed by atoms with Gasteiger partial charge in [0.15, 0.2) is 11.5 Å². The second-order valence-corrected chi connectivity index (χ2v) is 7.41. The molecule has 7 heteroatoms. The summed E-state index contributed by atoms with van der Waals surface area (Å²) in [4.78, 5) is 30.1. The molecule has 1 fully saturated rings. The Kier molecular flexibility index (Phi) is 4.55. The van der Waals surface area contributed by atoms with Crippen LogP contribution in [0, 0.1) is 5.92 Å². The highest BCUT2D eigenvalue weighted by molar-refractivity contribution is 7.09. The van der Waals surface area contributed by atoms with Crippen molar-refractivity contribution in [1.29, 1.82) is 0 Å². The minimum atomic E-state index is -0.312. The summed E-state index contributed by atoms with van der Waals surface area (Å²) in [5.74, 6) is 1.01. The lowest BCUT2D eigenvalue weighted by Gasteiger charge is -2.24. The van der Waals surface area contributed by atoms with Crippen LogP contribution in [0.2, 0.25) is 0 Å². The number of fused-ring (bicyclic) bond motifs is 1. The van der Waals surface area contributed by atoms with Crippen molar-refractivity contribution in [2.24, 2.45) is 5.92 Å². The van der Waals surface area contributed by atoms with Gasteiger partial charge in [-0.2, -0.15) is 0 Å². The highest BCUT2D eigenvalue weighted by Crippen LogP contribution is 2.37. The molecule has 6 nitrogen and oxygen atoms in total. The summed E-state index contributed by atoms with van der Waals surface area (Å²) < 4.78 is 10.7. The highest BCUT2D eigenvalue weighted by atomic mass is 32.1. The number of nitrogens with zero attached hydrogens (tertiary/aromatic N) is 2. The number of hydrogen-bond donors (Lipinski definition) is 0. The molecular weight excluding hydrogens is 352 g/mol. The van der Waals surface area contributed by atoms with Gasteiger partial charge in [0.1, 0.15) is 0 Å². The number of thiophene rings is 1. The first-order valence-electron chi connectivity index (χ1n) is 8.67. The van der Waals surface area contributed by atoms with Crippen LogP contribution in [0.1, 0.15) is 18.2 Å². The van der Waals surface area contributed by atoms with Crippen LogP contribution < -0.4 is 14.4 Å². The van der Waals surface area contributed by atoms with Crippen LogP contribution in [-0.2, 0) is 16.1 Å². The molecule has 2 aliphatic rings. The number of carbonyl (C=O) groups excluding carboxylic acids is 2. The highest BCUT2D eigenvalue weighted by Gasteiger charge is 2.37. The molecule has 1 unspecified atom stereocenters. The van der Waals surface area contributed by atoms with E-state index >= 15 is 0 Å². The molecule has 0 bridgehead atoms. The fraction of sp³-hybridized carbons (Fsp3) is 0.368. The van der Waals surface area contributed by atoms with E-state index in [1.807, 2.05) is 35.4 Å². The van der Waals surface area contributed by atoms with E-state index in [9.17, 15) is 9.59 Å². The SMILES string of the molecule is CCN(Cc1cccs1)C(=O)C1CC(=O)N(c2ccc3c(c2)OCO3)C1. The molecule has 0 N–H and O–H groups in total. The lowest BCUT2D eigenvalue weighted by Crippen LogP contribution is -2.36. The lowest BCUT2D eigenvalue weighted by molar-refractivity contribution is -0.136. The van der Waals surface area contributed by atoms with Crippen molar-refractivity contribution in [3.05, 3.63) is 40.6 Å². The Morgan fingerprint density at radius 3 is 2.92 bits per heavy atom. The van der Waals surface area contributed by atoms with Gasteiger partial charge in [-0.15, -0.1) is 11.3 Å². The van der Waals surface area contributed by atoms with Crippen LogP contribution >= 0.6 is 11.3 Å². The Balaban J connectivity index is 1.47. The van der Waals surface area contributed by atoms with E-state index < -0.39 is 0 Å². The Labute approximate surface area is 155 Å². The Morgan fingerprint density at radius 1 is 1.31 bits per heavy atom. The molecule has 0 spiro atoms. The third-order valence-corrected chi connectivity index (χ3v) is 5.62. The summed E-state index contributed by atoms with van der Waals surface area (Å²) >= 11 is 1.64. The van der Waals surface area contributed by atoms with E-state index in [1.54, 1.807) is 28.4 Å². The standard InChI is InChI=1S/C19H20N2O4S/c1-2-20(11-15-4-3-7-26-15)19(23)13-8-18(22)21(10-13)14-5-6-16-17(9-14)25-12-24-16/h3-7,9,13H,2,8,10-12H2,1H3. The van der Waals surface area contributed by atoms with Gasteiger partial charge in [0.05, 0.1) is 12.5 Å². The fourth-order valence-electron chi connectivity index (χ4n) is 3.37. The molecule has 1 atom stereocenters. The van der Waals surface area contributed by atoms with Crippen LogP contribution in [0.4, 0.5) is 5.69 Å². The number of benzene rings is 1. The van der Waals surface area contributed by atoms with E-state index in [0.717, 1.165) is 10.6 Å². The zero-order valence-electron chi connectivity index (χ0n) is 14.5. The van der Waals surface area contributed by atoms with Crippen LogP contribution in [-0.4, -0.2) is 36.6 Å². The average Bonchev–Trinajstić information content (AvgIpc) is 3.39. The molecular formula is C19H20N2O4S. The van der Waals surface area contributed by atoms with E-state index in [4.69, 9.17) is 9.47 Å². The van der Waals surface area contributed by atoms with Gasteiger partial charge in [-0.1, -0.05) is 6.07 Å². The van der Waals surface area contributed by atoms with Gasteiger partial charge in [-0.05, 0) is 30.5 Å². The molecule has 1 aromatic carbocycles. The lowest BCUT2D eigenvalue weighted by atomic mass is 10.1. The number of ether oxygens (including phenoxy) is 2. The van der Waals surface area contributed by atoms with Crippen LogP contribution in [0.25, 0.3) is 0 Å². The second-order valence-electron chi connectivity index (χ2n) is 6.37. The Morgan fingerprint density at radius 2 is 2.15 bits per heavy atom. The van der Waals surface area contributed by atoms with E-state index in [0.29, 0.717) is 31.1 Å². The minimum Gasteiger partial charge on any atom is -0.454 e. The number of rotatable bonds is 5. The number of amides is 2. The zero-order chi connectivity index (χ0) is 18.1. The summed E-state index contributed by atoms with van der Waals surface area (Å²) in [6, 6.07) is 9.45. The fourth-order valence-corrected chi connectivity index (χ4v) is 4.09. The summed E-state index contributed by atoms with van der Waals surface area (Å²) in [6.07, 6.45) is 0.244. The first-order valence-corrected chi connectivity index (χ1v) is 9.55. The maximum atomic E-state index is 12.9. The molecule has 0 radical (unpaired) electrons. The summed E-state index contributed by atoms with van der Waals surface area (Å²) in [6.45, 7) is 3.80. The molecule has 2 amide bonds. The van der Waals surface area contributed by atoms with E-state index in [1.165, 1.54) is 0 Å². The topological polar surface area (TPSA) is 59.1 Å². The number of carbonyl (C=O) groups is 2. The molecule has 136 valence electrons. The third kappa shape index (κ3) is 3.14. The van der Waals surface area contributed by atoms with Crippen LogP contribution in [0.3, 0.4) is 0 Å². The van der Waals surface area contributed by atoms with Crippen molar-refractivity contribution < 1.29 is 19.1 Å². The normalized spacial score (nSPS) is 18.4. The van der Waals surface area contributed by atoms with Crippen molar-refractivity contribution in [3.8, 4) is 11.5 Å². The van der Waals surface area contributed by atoms with Gasteiger partial charge in [0, 0.05) is 36.1 Å². The van der Waals surface area contributed by atoms with Gasteiger partial charge < -0.3 is 19.3 Å². The molecule has 4 rings (SSSR count). The summed E-state index contributed by atoms with van der Waals surface area (Å²) in [7, 11) is 0. The molecule has 1 aromatic heterocycles. The smallest absolute Gasteiger partial charge is 0.231 e. The van der Waals surface area contributed by atoms with E-state index in [-0.39, 0.29) is 30.9 Å². The van der Waals surface area contributed by atoms with Crippen LogP contribution in [0.15, 0.2) is 35.7 Å². The third-order valence-electron chi connectivity index (χ3n) is 4.76. The quantitative estimate of drug-likeness (QED) is 0.810. The molecule has 2 aromatic rings. The van der Waals surface area contributed by atoms with Crippen molar-refractivity contribution in [2.75, 3.05) is 24.8 Å². The summed E-state index contributed by atoms with van der Waals surface area (Å²) in [5.41, 5.74) is 0.746. The molecule has 1 saturated heterocycles. The average molecular weight is 372 g/mol. The zero-order valence-corrected chi connectivity index (χ0v) is 15.3. The first kappa shape index (κ1) is 16.9. The molecule has 26 heavy (non-hydrogen) atoms. The molecule has 3 heterocycles. The number of anilines is 1. The Bertz CT molecular complexity index is 821. The van der Waals surface area contributed by atoms with Crippen LogP contribution in [0.5, 0.6) is 11.5 Å². The largest absolute Gasteiger partial charge is 0.454 e. The number of hydrogen-bond acceptors (Lipinski definition) is 5. The molecule has 0 saturated carbocycles. The maximum Gasteiger partial charge on any atom is 0.231 e. The van der Waals surface area contributed by atoms with Gasteiger partial charge in [-0.25, -0.2) is 0 Å². The van der Waals surface area contributed by atoms with Gasteiger partial charge in [0.25, 0.3) is 0 Å². The summed E-state index contributed by atoms with van der Waals surface area (Å²) in [5, 5.41) is 2.01. The second kappa shape index (κ2) is 6.99. The van der Waals surface area contributed by atoms with Gasteiger partial charge in [-0.3, -0.25) is 9.59 Å². The Hall–Kier alpha value is -2.54. The van der Waals surface area contributed by atoms with Crippen molar-refractivity contribution in [2.45, 2.75) is 19.9 Å². The first-order chi connectivity index (χ1) is 12.7. The predicted octanol–water partition coefficient (Wildman–Crippen LogP) is 2.88. The molecule has 2 aliphatic heterocycles. The minimum absolute atomic E-state index is 0.0330. The molecule has 0 aliphatic carbocycles. The van der Waals surface area contributed by atoms with Gasteiger partial charge in [0.2, 0.25) is 18.6 Å². The monoisotopic (exact) mass is 372 g/mol. The van der Waals surface area contributed by atoms with Crippen molar-refractivity contribution in [3.63, 3.8) is 0 Å². The van der Waals surface area contributed by atoms with E-state index in [2.05, 4.69) is 0 Å².